The van der Waals surface area contributed by atoms with Crippen molar-refractivity contribution in [1.29, 1.82) is 0 Å². The second-order valence-electron chi connectivity index (χ2n) is 0.825. The summed E-state index contributed by atoms with van der Waals surface area (Å²) in [5.41, 5.74) is 0. The van der Waals surface area contributed by atoms with Gasteiger partial charge in [-0.2, -0.15) is 0 Å². The van der Waals surface area contributed by atoms with Gasteiger partial charge in [-0.1, -0.05) is 0 Å². The molecule has 7 nitrogen and oxygen atoms in total. The molecule has 0 aliphatic carbocycles. The zero-order valence-corrected chi connectivity index (χ0v) is 11.6. The van der Waals surface area contributed by atoms with Gasteiger partial charge in [0.25, 0.3) is 0 Å². The number of carbonyl (C=O) groups excluding carboxylic acids is 3. The van der Waals surface area contributed by atoms with Crippen LogP contribution in [0.1, 0.15) is 0 Å². The van der Waals surface area contributed by atoms with Crippen LogP contribution in [0.15, 0.2) is 0 Å². The summed E-state index contributed by atoms with van der Waals surface area (Å²) in [5.74, 6) is -4.37. The molecule has 0 rings (SSSR count). The molecule has 0 heterocycles. The summed E-state index contributed by atoms with van der Waals surface area (Å²) < 4.78 is 0. The van der Waals surface area contributed by atoms with Gasteiger partial charge in [0.05, 0.1) is 11.9 Å². The van der Waals surface area contributed by atoms with Gasteiger partial charge >= 0.3 is 71.9 Å². The van der Waals surface area contributed by atoms with Crippen LogP contribution in [0.2, 0.25) is 0 Å². The average molecular weight is 310 g/mol. The molecule has 0 aromatic carbocycles. The van der Waals surface area contributed by atoms with Gasteiger partial charge in [0.2, 0.25) is 0 Å². The molecular formula is C3BaMgO7. The predicted octanol–water partition coefficient (Wildman–Crippen LogP) is -6.72. The van der Waals surface area contributed by atoms with Crippen LogP contribution in [0.25, 0.3) is 0 Å². The van der Waals surface area contributed by atoms with Crippen molar-refractivity contribution in [3.63, 3.8) is 0 Å². The van der Waals surface area contributed by atoms with E-state index in [0.29, 0.717) is 0 Å². The van der Waals surface area contributed by atoms with E-state index in [0.717, 1.165) is 0 Å². The van der Waals surface area contributed by atoms with E-state index in [9.17, 15) is 0 Å². The Hall–Kier alpha value is 0.548. The summed E-state index contributed by atoms with van der Waals surface area (Å²) in [7, 11) is 0. The molecule has 0 bridgehead atoms. The minimum atomic E-state index is -2.33. The third-order valence-electron chi connectivity index (χ3n) is 0.167. The summed E-state index contributed by atoms with van der Waals surface area (Å²) in [6.07, 6.45) is -2.33. The Morgan fingerprint density at radius 2 is 0.833 bits per heavy atom. The monoisotopic (exact) mass is 310 g/mol. The fourth-order valence-corrected chi connectivity index (χ4v) is 0. The summed E-state index contributed by atoms with van der Waals surface area (Å²) in [6.45, 7) is 0. The van der Waals surface area contributed by atoms with Crippen LogP contribution in [0.4, 0.5) is 4.79 Å². The van der Waals surface area contributed by atoms with Gasteiger partial charge < -0.3 is 34.8 Å². The smallest absolute Gasteiger partial charge is 0.652 e. The van der Waals surface area contributed by atoms with Crippen LogP contribution in [0.3, 0.4) is 0 Å². The first-order valence-electron chi connectivity index (χ1n) is 1.68. The molecule has 9 heteroatoms. The van der Waals surface area contributed by atoms with Gasteiger partial charge in [-0.15, -0.1) is 0 Å². The van der Waals surface area contributed by atoms with E-state index in [4.69, 9.17) is 34.8 Å². The molecule has 0 N–H and O–H groups in total. The number of rotatable bonds is 0. The fraction of sp³-hybridized carbons (Fsp3) is 0. The van der Waals surface area contributed by atoms with Crippen LogP contribution < -0.4 is 20.4 Å². The zero-order valence-electron chi connectivity index (χ0n) is 5.77. The molecule has 0 fully saturated rings. The summed E-state index contributed by atoms with van der Waals surface area (Å²) in [5, 5.41) is 34.5. The molecule has 12 heavy (non-hydrogen) atoms. The molecule has 0 saturated carbocycles. The Kier molecular flexibility index (Phi) is 26.9. The Morgan fingerprint density at radius 3 is 0.833 bits per heavy atom. The molecule has 0 aliphatic rings. The van der Waals surface area contributed by atoms with Crippen molar-refractivity contribution in [2.24, 2.45) is 0 Å². The maximum Gasteiger partial charge on any atom is 2.00 e. The molecular weight excluding hydrogens is 310 g/mol. The largest absolute Gasteiger partial charge is 2.00 e. The standard InChI is InChI=1S/C2H2O4.CH2O3.Ba.Mg/c3-1(4)2(5)6;2-1(3)4;;/h(H,3,4)(H,5,6);(H2,2,3,4);;/q;;2*+2/p-4. The maximum atomic E-state index is 8.93. The number of hydrogen-bond acceptors (Lipinski definition) is 7. The Morgan fingerprint density at radius 1 is 0.750 bits per heavy atom. The summed E-state index contributed by atoms with van der Waals surface area (Å²) in [4.78, 5) is 26.2. The number of carboxylic acid groups (broad SMARTS) is 4. The van der Waals surface area contributed by atoms with Crippen molar-refractivity contribution in [2.75, 3.05) is 0 Å². The van der Waals surface area contributed by atoms with E-state index in [1.807, 2.05) is 0 Å². The van der Waals surface area contributed by atoms with Crippen LogP contribution in [-0.2, 0) is 9.59 Å². The minimum absolute atomic E-state index is 0. The van der Waals surface area contributed by atoms with Gasteiger partial charge in [-0.3, -0.25) is 0 Å². The first-order chi connectivity index (χ1) is 4.37. The number of carboxylic acids is 2. The second-order valence-corrected chi connectivity index (χ2v) is 0.825. The molecule has 58 valence electrons. The fourth-order valence-electron chi connectivity index (χ4n) is 0. The van der Waals surface area contributed by atoms with E-state index in [1.54, 1.807) is 0 Å². The second kappa shape index (κ2) is 14.1. The topological polar surface area (TPSA) is 143 Å². The maximum absolute atomic E-state index is 8.93. The third-order valence-corrected chi connectivity index (χ3v) is 0.167. The Labute approximate surface area is 123 Å². The molecule has 0 amide bonds. The zero-order chi connectivity index (χ0) is 8.73. The normalized spacial score (nSPS) is 5.67. The molecule has 0 spiro atoms. The molecule has 0 saturated heterocycles. The first kappa shape index (κ1) is 22.9. The summed E-state index contributed by atoms with van der Waals surface area (Å²) >= 11 is 0. The van der Waals surface area contributed by atoms with Gasteiger partial charge in [-0.05, 0) is 6.16 Å². The Bertz CT molecular complexity index is 141. The van der Waals surface area contributed by atoms with E-state index < -0.39 is 18.1 Å². The molecule has 0 unspecified atom stereocenters. The quantitative estimate of drug-likeness (QED) is 0.319. The SMILES string of the molecule is O=C([O-])C(=O)[O-].O=C([O-])[O-].[Ba+2].[Mg+2]. The number of hydrogen-bond donors (Lipinski definition) is 0. The first-order valence-corrected chi connectivity index (χ1v) is 1.68. The van der Waals surface area contributed by atoms with E-state index in [-0.39, 0.29) is 71.9 Å². The molecule has 0 aliphatic heterocycles. The molecule has 0 aromatic rings. The van der Waals surface area contributed by atoms with Gasteiger partial charge in [-0.25, -0.2) is 0 Å². The van der Waals surface area contributed by atoms with E-state index in [1.165, 1.54) is 0 Å². The molecule has 0 radical (unpaired) electrons. The van der Waals surface area contributed by atoms with Gasteiger partial charge in [0.15, 0.2) is 0 Å². The number of carbonyl (C=O) groups is 3. The van der Waals surface area contributed by atoms with Gasteiger partial charge in [0, 0.05) is 0 Å². The van der Waals surface area contributed by atoms with Crippen molar-refractivity contribution in [2.45, 2.75) is 0 Å². The van der Waals surface area contributed by atoms with Crippen molar-refractivity contribution in [1.82, 2.24) is 0 Å². The summed E-state index contributed by atoms with van der Waals surface area (Å²) in [6, 6.07) is 0. The van der Waals surface area contributed by atoms with Crippen molar-refractivity contribution in [3.05, 3.63) is 0 Å². The van der Waals surface area contributed by atoms with Crippen LogP contribution >= 0.6 is 0 Å². The Balaban J connectivity index is -0.0000000483. The van der Waals surface area contributed by atoms with Gasteiger partial charge in [0.1, 0.15) is 0 Å². The van der Waals surface area contributed by atoms with Crippen molar-refractivity contribution < 1.29 is 34.8 Å². The molecule has 0 atom stereocenters. The van der Waals surface area contributed by atoms with Crippen molar-refractivity contribution in [3.8, 4) is 0 Å². The number of aliphatic carboxylic acids is 2. The van der Waals surface area contributed by atoms with E-state index in [2.05, 4.69) is 0 Å². The van der Waals surface area contributed by atoms with E-state index >= 15 is 0 Å². The average Bonchev–Trinajstić information content (AvgIpc) is 1.63. The molecule has 0 aromatic heterocycles. The predicted molar refractivity (Wildman–Crippen MR) is 26.9 cm³/mol. The van der Waals surface area contributed by atoms with Crippen LogP contribution in [0.5, 0.6) is 0 Å². The van der Waals surface area contributed by atoms with Crippen LogP contribution in [-0.4, -0.2) is 90.0 Å². The minimum Gasteiger partial charge on any atom is -0.652 e. The third kappa shape index (κ3) is 46.5. The van der Waals surface area contributed by atoms with Crippen LogP contribution in [0, 0.1) is 0 Å². The van der Waals surface area contributed by atoms with Crippen molar-refractivity contribution >= 4 is 90.0 Å².